The first-order valence-corrected chi connectivity index (χ1v) is 5.36. The molecule has 1 amide bonds. The van der Waals surface area contributed by atoms with Gasteiger partial charge in [0, 0.05) is 31.7 Å². The maximum absolute atomic E-state index is 11.9. The number of anilines is 1. The van der Waals surface area contributed by atoms with Crippen molar-refractivity contribution in [2.24, 2.45) is 0 Å². The van der Waals surface area contributed by atoms with E-state index in [0.29, 0.717) is 6.42 Å². The predicted molar refractivity (Wildman–Crippen MR) is 61.0 cm³/mol. The SMILES string of the molecule is Cc1ccccc1N1CCNCCC1=O. The summed E-state index contributed by atoms with van der Waals surface area (Å²) in [5.74, 6) is 0.217. The Labute approximate surface area is 90.1 Å². The summed E-state index contributed by atoms with van der Waals surface area (Å²) in [6.45, 7) is 4.48. The number of nitrogens with zero attached hydrogens (tertiary/aromatic N) is 1. The Morgan fingerprint density at radius 2 is 2.07 bits per heavy atom. The number of aryl methyl sites for hydroxylation is 1. The number of para-hydroxylation sites is 1. The second kappa shape index (κ2) is 4.45. The number of amides is 1. The number of carbonyl (C=O) groups is 1. The molecule has 0 aliphatic carbocycles. The van der Waals surface area contributed by atoms with Crippen molar-refractivity contribution in [2.75, 3.05) is 24.5 Å². The van der Waals surface area contributed by atoms with Crippen LogP contribution in [-0.4, -0.2) is 25.5 Å². The molecule has 1 N–H and O–H groups in total. The van der Waals surface area contributed by atoms with E-state index < -0.39 is 0 Å². The lowest BCUT2D eigenvalue weighted by molar-refractivity contribution is -0.118. The van der Waals surface area contributed by atoms with Crippen LogP contribution in [0, 0.1) is 6.92 Å². The monoisotopic (exact) mass is 204 g/mol. The number of carbonyl (C=O) groups excluding carboxylic acids is 1. The Morgan fingerprint density at radius 1 is 1.27 bits per heavy atom. The van der Waals surface area contributed by atoms with Crippen molar-refractivity contribution in [3.05, 3.63) is 29.8 Å². The molecule has 3 nitrogen and oxygen atoms in total. The largest absolute Gasteiger partial charge is 0.314 e. The van der Waals surface area contributed by atoms with Crippen LogP contribution < -0.4 is 10.2 Å². The Balaban J connectivity index is 2.28. The third kappa shape index (κ3) is 2.18. The molecule has 0 radical (unpaired) electrons. The zero-order valence-electron chi connectivity index (χ0n) is 8.99. The lowest BCUT2D eigenvalue weighted by atomic mass is 10.1. The molecular weight excluding hydrogens is 188 g/mol. The standard InChI is InChI=1S/C12H16N2O/c1-10-4-2-3-5-11(10)14-9-8-13-7-6-12(14)15/h2-5,13H,6-9H2,1H3. The van der Waals surface area contributed by atoms with Crippen LogP contribution in [0.1, 0.15) is 12.0 Å². The molecule has 1 aliphatic rings. The smallest absolute Gasteiger partial charge is 0.228 e. The molecule has 3 heteroatoms. The second-order valence-corrected chi connectivity index (χ2v) is 3.83. The van der Waals surface area contributed by atoms with Crippen LogP contribution >= 0.6 is 0 Å². The Morgan fingerprint density at radius 3 is 2.87 bits per heavy atom. The van der Waals surface area contributed by atoms with Crippen LogP contribution in [0.4, 0.5) is 5.69 Å². The van der Waals surface area contributed by atoms with Gasteiger partial charge in [-0.15, -0.1) is 0 Å². The van der Waals surface area contributed by atoms with Crippen molar-refractivity contribution >= 4 is 11.6 Å². The van der Waals surface area contributed by atoms with Crippen LogP contribution in [0.15, 0.2) is 24.3 Å². The van der Waals surface area contributed by atoms with Gasteiger partial charge in [0.2, 0.25) is 5.91 Å². The van der Waals surface area contributed by atoms with E-state index in [1.807, 2.05) is 36.1 Å². The Hall–Kier alpha value is -1.35. The molecule has 1 aromatic carbocycles. The number of hydrogen-bond donors (Lipinski definition) is 1. The van der Waals surface area contributed by atoms with Crippen LogP contribution in [0.5, 0.6) is 0 Å². The minimum Gasteiger partial charge on any atom is -0.314 e. The summed E-state index contributed by atoms with van der Waals surface area (Å²) in [4.78, 5) is 13.7. The van der Waals surface area contributed by atoms with Crippen molar-refractivity contribution in [3.8, 4) is 0 Å². The minimum absolute atomic E-state index is 0.217. The maximum Gasteiger partial charge on any atom is 0.228 e. The number of nitrogens with one attached hydrogen (secondary N) is 1. The van der Waals surface area contributed by atoms with Gasteiger partial charge in [0.15, 0.2) is 0 Å². The molecule has 2 rings (SSSR count). The van der Waals surface area contributed by atoms with Crippen molar-refractivity contribution in [1.82, 2.24) is 5.32 Å². The minimum atomic E-state index is 0.217. The highest BCUT2D eigenvalue weighted by Crippen LogP contribution is 2.20. The molecule has 0 atom stereocenters. The van der Waals surface area contributed by atoms with Gasteiger partial charge in [-0.1, -0.05) is 18.2 Å². The van der Waals surface area contributed by atoms with Gasteiger partial charge in [0.25, 0.3) is 0 Å². The van der Waals surface area contributed by atoms with E-state index >= 15 is 0 Å². The van der Waals surface area contributed by atoms with Crippen LogP contribution in [0.2, 0.25) is 0 Å². The summed E-state index contributed by atoms with van der Waals surface area (Å²) < 4.78 is 0. The molecular formula is C12H16N2O. The lowest BCUT2D eigenvalue weighted by Crippen LogP contribution is -2.32. The molecule has 15 heavy (non-hydrogen) atoms. The molecule has 0 aromatic heterocycles. The van der Waals surface area contributed by atoms with E-state index in [-0.39, 0.29) is 5.91 Å². The Kier molecular flexibility index (Phi) is 3.02. The normalized spacial score (nSPS) is 17.7. The summed E-state index contributed by atoms with van der Waals surface area (Å²) >= 11 is 0. The average molecular weight is 204 g/mol. The van der Waals surface area contributed by atoms with Crippen LogP contribution in [-0.2, 0) is 4.79 Å². The molecule has 80 valence electrons. The number of hydrogen-bond acceptors (Lipinski definition) is 2. The van der Waals surface area contributed by atoms with E-state index in [0.717, 1.165) is 30.9 Å². The van der Waals surface area contributed by atoms with E-state index in [9.17, 15) is 4.79 Å². The van der Waals surface area contributed by atoms with Crippen molar-refractivity contribution in [2.45, 2.75) is 13.3 Å². The fourth-order valence-electron chi connectivity index (χ4n) is 1.89. The molecule has 1 heterocycles. The lowest BCUT2D eigenvalue weighted by Gasteiger charge is -2.22. The maximum atomic E-state index is 11.9. The molecule has 0 spiro atoms. The van der Waals surface area contributed by atoms with Crippen LogP contribution in [0.3, 0.4) is 0 Å². The van der Waals surface area contributed by atoms with Gasteiger partial charge in [-0.25, -0.2) is 0 Å². The van der Waals surface area contributed by atoms with E-state index in [2.05, 4.69) is 5.32 Å². The van der Waals surface area contributed by atoms with Crippen LogP contribution in [0.25, 0.3) is 0 Å². The van der Waals surface area contributed by atoms with Crippen molar-refractivity contribution in [3.63, 3.8) is 0 Å². The zero-order chi connectivity index (χ0) is 10.7. The van der Waals surface area contributed by atoms with Gasteiger partial charge in [-0.2, -0.15) is 0 Å². The van der Waals surface area contributed by atoms with Gasteiger partial charge in [-0.3, -0.25) is 4.79 Å². The molecule has 0 unspecified atom stereocenters. The van der Waals surface area contributed by atoms with Gasteiger partial charge in [-0.05, 0) is 18.6 Å². The highest BCUT2D eigenvalue weighted by Gasteiger charge is 2.18. The fraction of sp³-hybridized carbons (Fsp3) is 0.417. The molecule has 1 fully saturated rings. The number of benzene rings is 1. The highest BCUT2D eigenvalue weighted by molar-refractivity contribution is 5.94. The van der Waals surface area contributed by atoms with E-state index in [4.69, 9.17) is 0 Å². The van der Waals surface area contributed by atoms with Gasteiger partial charge in [0.1, 0.15) is 0 Å². The third-order valence-corrected chi connectivity index (χ3v) is 2.74. The summed E-state index contributed by atoms with van der Waals surface area (Å²) in [5, 5.41) is 3.23. The average Bonchev–Trinajstić information content (AvgIpc) is 2.44. The van der Waals surface area contributed by atoms with Gasteiger partial charge in [0.05, 0.1) is 0 Å². The summed E-state index contributed by atoms with van der Waals surface area (Å²) in [7, 11) is 0. The first kappa shape index (κ1) is 10.2. The molecule has 0 bridgehead atoms. The molecule has 1 aliphatic heterocycles. The highest BCUT2D eigenvalue weighted by atomic mass is 16.2. The summed E-state index contributed by atoms with van der Waals surface area (Å²) in [5.41, 5.74) is 2.21. The quantitative estimate of drug-likeness (QED) is 0.748. The third-order valence-electron chi connectivity index (χ3n) is 2.74. The molecule has 1 saturated heterocycles. The van der Waals surface area contributed by atoms with Gasteiger partial charge >= 0.3 is 0 Å². The van der Waals surface area contributed by atoms with E-state index in [1.54, 1.807) is 0 Å². The summed E-state index contributed by atoms with van der Waals surface area (Å²) in [6.07, 6.45) is 0.592. The topological polar surface area (TPSA) is 32.3 Å². The first-order chi connectivity index (χ1) is 7.29. The zero-order valence-corrected chi connectivity index (χ0v) is 8.99. The predicted octanol–water partition coefficient (Wildman–Crippen LogP) is 1.32. The molecule has 0 saturated carbocycles. The summed E-state index contributed by atoms with van der Waals surface area (Å²) in [6, 6.07) is 8.03. The van der Waals surface area contributed by atoms with E-state index in [1.165, 1.54) is 0 Å². The van der Waals surface area contributed by atoms with Crippen molar-refractivity contribution < 1.29 is 4.79 Å². The number of rotatable bonds is 1. The second-order valence-electron chi connectivity index (χ2n) is 3.83. The van der Waals surface area contributed by atoms with Crippen molar-refractivity contribution in [1.29, 1.82) is 0 Å². The fourth-order valence-corrected chi connectivity index (χ4v) is 1.89. The Bertz CT molecular complexity index is 362. The van der Waals surface area contributed by atoms with Gasteiger partial charge < -0.3 is 10.2 Å². The molecule has 1 aromatic rings. The first-order valence-electron chi connectivity index (χ1n) is 5.36.